The van der Waals surface area contributed by atoms with Crippen LogP contribution in [0.5, 0.6) is 0 Å². The van der Waals surface area contributed by atoms with Crippen LogP contribution in [0.3, 0.4) is 0 Å². The number of amides is 2. The molecule has 4 rings (SSSR count). The van der Waals surface area contributed by atoms with Gasteiger partial charge in [-0.15, -0.1) is 0 Å². The van der Waals surface area contributed by atoms with E-state index in [0.717, 1.165) is 24.1 Å². The van der Waals surface area contributed by atoms with E-state index in [1.165, 1.54) is 4.90 Å². The Labute approximate surface area is 111 Å². The molecule has 2 amide bonds. The summed E-state index contributed by atoms with van der Waals surface area (Å²) >= 11 is 0. The first-order valence-electron chi connectivity index (χ1n) is 6.77. The van der Waals surface area contributed by atoms with Crippen LogP contribution >= 0.6 is 0 Å². The molecule has 3 fully saturated rings. The molecule has 3 saturated heterocycles. The maximum absolute atomic E-state index is 12.6. The van der Waals surface area contributed by atoms with Crippen molar-refractivity contribution < 1.29 is 14.3 Å². The van der Waals surface area contributed by atoms with Gasteiger partial charge < -0.3 is 4.74 Å². The molecule has 4 atom stereocenters. The van der Waals surface area contributed by atoms with Gasteiger partial charge in [-0.2, -0.15) is 0 Å². The third-order valence-electron chi connectivity index (χ3n) is 4.64. The van der Waals surface area contributed by atoms with Gasteiger partial charge in [0, 0.05) is 0 Å². The fourth-order valence-electron chi connectivity index (χ4n) is 3.76. The highest BCUT2D eigenvalue weighted by Gasteiger charge is 2.62. The number of ether oxygens (including phenoxy) is 1. The van der Waals surface area contributed by atoms with Crippen molar-refractivity contribution in [3.63, 3.8) is 0 Å². The largest absolute Gasteiger partial charge is 0.373 e. The summed E-state index contributed by atoms with van der Waals surface area (Å²) in [6.07, 6.45) is 1.74. The number of imide groups is 1. The minimum atomic E-state index is -0.245. The number of hydrogen-bond acceptors (Lipinski definition) is 3. The van der Waals surface area contributed by atoms with Crippen molar-refractivity contribution >= 4 is 17.5 Å². The van der Waals surface area contributed by atoms with Gasteiger partial charge in [-0.05, 0) is 31.4 Å². The number of para-hydroxylation sites is 1. The fraction of sp³-hybridized carbons (Fsp3) is 0.467. The zero-order valence-electron chi connectivity index (χ0n) is 10.7. The maximum atomic E-state index is 12.6. The van der Waals surface area contributed by atoms with E-state index in [1.54, 1.807) is 0 Å². The minimum absolute atomic E-state index is 0.0412. The Morgan fingerprint density at radius 3 is 2.21 bits per heavy atom. The third kappa shape index (κ3) is 1.32. The molecule has 0 aliphatic carbocycles. The Morgan fingerprint density at radius 2 is 1.63 bits per heavy atom. The van der Waals surface area contributed by atoms with Gasteiger partial charge in [0.25, 0.3) is 0 Å². The smallest absolute Gasteiger partial charge is 0.240 e. The second-order valence-electron chi connectivity index (χ2n) is 5.64. The molecule has 0 unspecified atom stereocenters. The SMILES string of the molecule is Cc1ccccc1N1C(=O)[C@@H]2[C@H](C1=O)[C@@H]1CC[C@@H]2O1. The van der Waals surface area contributed by atoms with Crippen LogP contribution in [0.25, 0.3) is 0 Å². The lowest BCUT2D eigenvalue weighted by Gasteiger charge is -2.19. The molecule has 3 aliphatic heterocycles. The van der Waals surface area contributed by atoms with Gasteiger partial charge in [-0.25, -0.2) is 4.90 Å². The second-order valence-corrected chi connectivity index (χ2v) is 5.64. The van der Waals surface area contributed by atoms with Crippen LogP contribution in [0.4, 0.5) is 5.69 Å². The maximum Gasteiger partial charge on any atom is 0.240 e. The highest BCUT2D eigenvalue weighted by molar-refractivity contribution is 6.23. The Balaban J connectivity index is 1.78. The van der Waals surface area contributed by atoms with E-state index in [0.29, 0.717) is 0 Å². The van der Waals surface area contributed by atoms with Gasteiger partial charge >= 0.3 is 0 Å². The van der Waals surface area contributed by atoms with Crippen LogP contribution in [-0.2, 0) is 14.3 Å². The van der Waals surface area contributed by atoms with Crippen LogP contribution < -0.4 is 4.90 Å². The molecule has 3 aliphatic rings. The molecule has 0 aromatic heterocycles. The van der Waals surface area contributed by atoms with Crippen LogP contribution in [0, 0.1) is 18.8 Å². The Bertz CT molecular complexity index is 555. The van der Waals surface area contributed by atoms with E-state index in [4.69, 9.17) is 4.74 Å². The quantitative estimate of drug-likeness (QED) is 0.719. The molecule has 98 valence electrons. The first-order valence-corrected chi connectivity index (χ1v) is 6.77. The molecule has 2 bridgehead atoms. The predicted octanol–water partition coefficient (Wildman–Crippen LogP) is 1.66. The number of aryl methyl sites for hydroxylation is 1. The molecule has 1 aromatic rings. The summed E-state index contributed by atoms with van der Waals surface area (Å²) in [4.78, 5) is 26.5. The Morgan fingerprint density at radius 1 is 1.05 bits per heavy atom. The molecule has 19 heavy (non-hydrogen) atoms. The van der Waals surface area contributed by atoms with E-state index in [1.807, 2.05) is 31.2 Å². The van der Waals surface area contributed by atoms with Crippen molar-refractivity contribution in [2.24, 2.45) is 11.8 Å². The highest BCUT2D eigenvalue weighted by atomic mass is 16.5. The standard InChI is InChI=1S/C15H15NO3/c1-8-4-2-3-5-9(8)16-14(17)12-10-6-7-11(19-10)13(12)15(16)18/h2-5,10-13H,6-7H2,1H3/t10-,11-,12-,13+/m0/s1. The number of nitrogens with zero attached hydrogens (tertiary/aromatic N) is 1. The lowest BCUT2D eigenvalue weighted by atomic mass is 9.81. The van der Waals surface area contributed by atoms with E-state index in [9.17, 15) is 9.59 Å². The number of benzene rings is 1. The average molecular weight is 257 g/mol. The lowest BCUT2D eigenvalue weighted by molar-refractivity contribution is -0.124. The first kappa shape index (κ1) is 11.2. The number of carbonyl (C=O) groups is 2. The number of rotatable bonds is 1. The number of hydrogen-bond donors (Lipinski definition) is 0. The lowest BCUT2D eigenvalue weighted by Crippen LogP contribution is -2.34. The highest BCUT2D eigenvalue weighted by Crippen LogP contribution is 2.49. The summed E-state index contributed by atoms with van der Waals surface area (Å²) in [6.45, 7) is 1.93. The average Bonchev–Trinajstić information content (AvgIpc) is 3.06. The molecular weight excluding hydrogens is 242 g/mol. The number of carbonyl (C=O) groups excluding carboxylic acids is 2. The minimum Gasteiger partial charge on any atom is -0.373 e. The van der Waals surface area contributed by atoms with Crippen molar-refractivity contribution in [3.8, 4) is 0 Å². The summed E-state index contributed by atoms with van der Waals surface area (Å²) in [7, 11) is 0. The Hall–Kier alpha value is -1.68. The van der Waals surface area contributed by atoms with Crippen molar-refractivity contribution in [1.29, 1.82) is 0 Å². The molecule has 0 radical (unpaired) electrons. The molecular formula is C15H15NO3. The van der Waals surface area contributed by atoms with E-state index in [2.05, 4.69) is 0 Å². The summed E-state index contributed by atoms with van der Waals surface area (Å²) in [6, 6.07) is 7.55. The van der Waals surface area contributed by atoms with Gasteiger partial charge in [0.15, 0.2) is 0 Å². The van der Waals surface area contributed by atoms with Crippen molar-refractivity contribution in [2.45, 2.75) is 32.0 Å². The van der Waals surface area contributed by atoms with E-state index in [-0.39, 0.29) is 35.9 Å². The first-order chi connectivity index (χ1) is 9.18. The van der Waals surface area contributed by atoms with Crippen LogP contribution in [0.1, 0.15) is 18.4 Å². The van der Waals surface area contributed by atoms with Gasteiger partial charge in [-0.1, -0.05) is 18.2 Å². The fourth-order valence-corrected chi connectivity index (χ4v) is 3.76. The van der Waals surface area contributed by atoms with Crippen LogP contribution in [0.2, 0.25) is 0 Å². The summed E-state index contributed by atoms with van der Waals surface area (Å²) in [5, 5.41) is 0. The van der Waals surface area contributed by atoms with Gasteiger partial charge in [0.1, 0.15) is 0 Å². The molecule has 0 saturated carbocycles. The van der Waals surface area contributed by atoms with Crippen molar-refractivity contribution in [2.75, 3.05) is 4.90 Å². The number of fused-ring (bicyclic) bond motifs is 5. The van der Waals surface area contributed by atoms with Crippen LogP contribution in [-0.4, -0.2) is 24.0 Å². The number of anilines is 1. The molecule has 4 heteroatoms. The normalized spacial score (nSPS) is 36.2. The molecule has 0 N–H and O–H groups in total. The molecule has 0 spiro atoms. The van der Waals surface area contributed by atoms with Gasteiger partial charge in [0.05, 0.1) is 29.7 Å². The Kier molecular flexibility index (Phi) is 2.16. The van der Waals surface area contributed by atoms with Gasteiger partial charge in [-0.3, -0.25) is 9.59 Å². The van der Waals surface area contributed by atoms with E-state index < -0.39 is 0 Å². The van der Waals surface area contributed by atoms with Crippen LogP contribution in [0.15, 0.2) is 24.3 Å². The predicted molar refractivity (Wildman–Crippen MR) is 68.5 cm³/mol. The topological polar surface area (TPSA) is 46.6 Å². The van der Waals surface area contributed by atoms with Crippen molar-refractivity contribution in [3.05, 3.63) is 29.8 Å². The second kappa shape index (κ2) is 3.67. The van der Waals surface area contributed by atoms with E-state index >= 15 is 0 Å². The summed E-state index contributed by atoms with van der Waals surface area (Å²) in [5.41, 5.74) is 1.68. The molecule has 3 heterocycles. The zero-order chi connectivity index (χ0) is 13.1. The zero-order valence-corrected chi connectivity index (χ0v) is 10.7. The molecule has 1 aromatic carbocycles. The van der Waals surface area contributed by atoms with Crippen molar-refractivity contribution in [1.82, 2.24) is 0 Å². The van der Waals surface area contributed by atoms with Gasteiger partial charge in [0.2, 0.25) is 11.8 Å². The third-order valence-corrected chi connectivity index (χ3v) is 4.64. The monoisotopic (exact) mass is 257 g/mol. The summed E-state index contributed by atoms with van der Waals surface area (Å²) < 4.78 is 5.73. The molecule has 4 nitrogen and oxygen atoms in total. The summed E-state index contributed by atoms with van der Waals surface area (Å²) in [5.74, 6) is -0.635.